The first-order valence-corrected chi connectivity index (χ1v) is 16.0. The molecule has 0 aliphatic carbocycles. The van der Waals surface area contributed by atoms with Crippen LogP contribution in [0.25, 0.3) is 5.53 Å². The van der Waals surface area contributed by atoms with Gasteiger partial charge in [0, 0.05) is 17.3 Å². The number of benzene rings is 2. The van der Waals surface area contributed by atoms with Gasteiger partial charge < -0.3 is 14.7 Å². The molecule has 2 aromatic rings. The third-order valence-electron chi connectivity index (χ3n) is 7.80. The van der Waals surface area contributed by atoms with Crippen molar-refractivity contribution in [3.63, 3.8) is 0 Å². The fraction of sp³-hybridized carbons (Fsp3) is 0.444. The van der Waals surface area contributed by atoms with Crippen molar-refractivity contribution in [3.8, 4) is 0 Å². The van der Waals surface area contributed by atoms with Crippen molar-refractivity contribution >= 4 is 41.8 Å². The zero-order valence-corrected chi connectivity index (χ0v) is 24.7. The number of amides is 1. The summed E-state index contributed by atoms with van der Waals surface area (Å²) in [6.45, 7) is 10.3. The number of hydrazine groups is 1. The van der Waals surface area contributed by atoms with E-state index < -0.39 is 20.0 Å². The van der Waals surface area contributed by atoms with Crippen LogP contribution in [0.4, 0.5) is 0 Å². The quantitative estimate of drug-likeness (QED) is 0.144. The Kier molecular flexibility index (Phi) is 7.35. The Labute approximate surface area is 227 Å². The van der Waals surface area contributed by atoms with Crippen molar-refractivity contribution in [2.75, 3.05) is 7.11 Å². The Hall–Kier alpha value is -2.62. The summed E-state index contributed by atoms with van der Waals surface area (Å²) in [6, 6.07) is 17.1. The lowest BCUT2D eigenvalue weighted by molar-refractivity contribution is -0.168. The SMILES string of the molecule is COC(=O)C(=[N+]=[N-])[C@]1(O[Si](C)(C)C(C)(C)C)C[C@@H](c2ccc(Br)cc2)N2[C@@H](c3ccccc3)CC(=O)N21. The minimum absolute atomic E-state index is 0.194. The Morgan fingerprint density at radius 1 is 1.08 bits per heavy atom. The summed E-state index contributed by atoms with van der Waals surface area (Å²) in [6.07, 6.45) is 0.393. The summed E-state index contributed by atoms with van der Waals surface area (Å²) < 4.78 is 12.9. The minimum Gasteiger partial charge on any atom is -0.460 e. The van der Waals surface area contributed by atoms with Gasteiger partial charge in [-0.05, 0) is 41.4 Å². The first-order valence-electron chi connectivity index (χ1n) is 12.3. The summed E-state index contributed by atoms with van der Waals surface area (Å²) in [5.74, 6) is -1.05. The number of halogens is 1. The normalized spacial score (nSPS) is 24.1. The van der Waals surface area contributed by atoms with Crippen LogP contribution < -0.4 is 0 Å². The molecule has 0 radical (unpaired) electrons. The van der Waals surface area contributed by atoms with Crippen molar-refractivity contribution in [2.45, 2.75) is 69.6 Å². The lowest BCUT2D eigenvalue weighted by Crippen LogP contribution is -2.63. The van der Waals surface area contributed by atoms with Gasteiger partial charge in [0.2, 0.25) is 5.91 Å². The Bertz CT molecular complexity index is 1240. The molecule has 2 saturated heterocycles. The van der Waals surface area contributed by atoms with E-state index in [2.05, 4.69) is 41.5 Å². The molecule has 37 heavy (non-hydrogen) atoms. The van der Waals surface area contributed by atoms with Crippen LogP contribution in [0.2, 0.25) is 18.1 Å². The standard InChI is InChI=1S/C27H33BrN4O4Si/c1-26(2,3)37(5,6)36-27(24(30-29)25(34)35-4)17-22(19-12-14-20(28)15-13-19)31-21(16-23(33)32(27)31)18-10-8-7-9-11-18/h7-15,21-22H,16-17H2,1-6H3/t21-,22+,27-/m1/s1. The maximum absolute atomic E-state index is 13.9. The molecule has 196 valence electrons. The minimum atomic E-state index is -2.64. The molecule has 2 aliphatic rings. The van der Waals surface area contributed by atoms with Gasteiger partial charge in [-0.3, -0.25) is 4.79 Å². The summed E-state index contributed by atoms with van der Waals surface area (Å²) in [5, 5.41) is 3.28. The molecule has 10 heteroatoms. The van der Waals surface area contributed by atoms with Crippen LogP contribution in [0, 0.1) is 0 Å². The second-order valence-electron chi connectivity index (χ2n) is 11.1. The van der Waals surface area contributed by atoms with Crippen LogP contribution in [-0.2, 0) is 18.8 Å². The molecule has 0 aromatic heterocycles. The van der Waals surface area contributed by atoms with Gasteiger partial charge in [0.1, 0.15) is 0 Å². The molecule has 4 rings (SSSR count). The number of rotatable bonds is 6. The predicted octanol–water partition coefficient (Wildman–Crippen LogP) is 5.65. The highest BCUT2D eigenvalue weighted by molar-refractivity contribution is 9.10. The van der Waals surface area contributed by atoms with Gasteiger partial charge in [0.05, 0.1) is 19.2 Å². The van der Waals surface area contributed by atoms with Crippen LogP contribution in [0.5, 0.6) is 0 Å². The first-order chi connectivity index (χ1) is 17.4. The lowest BCUT2D eigenvalue weighted by Gasteiger charge is -2.44. The number of ether oxygens (including phenoxy) is 1. The molecule has 0 spiro atoms. The number of hydrogen-bond acceptors (Lipinski definition) is 5. The van der Waals surface area contributed by atoms with E-state index in [1.54, 1.807) is 0 Å². The maximum atomic E-state index is 13.9. The van der Waals surface area contributed by atoms with Crippen LogP contribution in [0.1, 0.15) is 56.8 Å². The van der Waals surface area contributed by atoms with Gasteiger partial charge in [0.25, 0.3) is 5.72 Å². The molecule has 3 atom stereocenters. The number of carbonyl (C=O) groups is 2. The maximum Gasteiger partial charge on any atom is 0.428 e. The van der Waals surface area contributed by atoms with Crippen LogP contribution >= 0.6 is 15.9 Å². The van der Waals surface area contributed by atoms with Crippen LogP contribution in [0.3, 0.4) is 0 Å². The van der Waals surface area contributed by atoms with Crippen molar-refractivity contribution in [1.82, 2.24) is 10.0 Å². The fourth-order valence-electron chi connectivity index (χ4n) is 4.98. The number of nitrogens with zero attached hydrogens (tertiary/aromatic N) is 4. The van der Waals surface area contributed by atoms with Crippen molar-refractivity contribution < 1.29 is 23.5 Å². The lowest BCUT2D eigenvalue weighted by atomic mass is 9.93. The Morgan fingerprint density at radius 3 is 2.22 bits per heavy atom. The van der Waals surface area contributed by atoms with E-state index in [1.807, 2.05) is 72.7 Å². The number of hydrogen-bond donors (Lipinski definition) is 0. The van der Waals surface area contributed by atoms with Crippen molar-refractivity contribution in [1.29, 1.82) is 0 Å². The zero-order chi connectivity index (χ0) is 27.2. The number of fused-ring (bicyclic) bond motifs is 1. The monoisotopic (exact) mass is 584 g/mol. The molecule has 1 amide bonds. The smallest absolute Gasteiger partial charge is 0.428 e. The summed E-state index contributed by atoms with van der Waals surface area (Å²) in [5.41, 5.74) is 10.2. The van der Waals surface area contributed by atoms with E-state index in [4.69, 9.17) is 9.16 Å². The predicted molar refractivity (Wildman–Crippen MR) is 146 cm³/mol. The number of carbonyl (C=O) groups excluding carboxylic acids is 2. The second kappa shape index (κ2) is 9.92. The van der Waals surface area contributed by atoms with Crippen LogP contribution in [0.15, 0.2) is 59.1 Å². The number of esters is 1. The average Bonchev–Trinajstić information content (AvgIpc) is 3.36. The zero-order valence-electron chi connectivity index (χ0n) is 22.1. The van der Waals surface area contributed by atoms with Gasteiger partial charge >= 0.3 is 11.7 Å². The first kappa shape index (κ1) is 27.4. The van der Waals surface area contributed by atoms with E-state index in [1.165, 1.54) is 12.1 Å². The third-order valence-corrected chi connectivity index (χ3v) is 12.8. The van der Waals surface area contributed by atoms with Gasteiger partial charge in [0.15, 0.2) is 8.32 Å². The van der Waals surface area contributed by atoms with Gasteiger partial charge in [-0.25, -0.2) is 9.80 Å². The van der Waals surface area contributed by atoms with Crippen molar-refractivity contribution in [3.05, 3.63) is 75.7 Å². The fourth-order valence-corrected chi connectivity index (χ4v) is 6.66. The largest absolute Gasteiger partial charge is 0.460 e. The summed E-state index contributed by atoms with van der Waals surface area (Å²) >= 11 is 3.50. The average molecular weight is 586 g/mol. The van der Waals surface area contributed by atoms with Gasteiger partial charge in [-0.1, -0.05) is 79.2 Å². The summed E-state index contributed by atoms with van der Waals surface area (Å²) in [4.78, 5) is 30.4. The highest BCUT2D eigenvalue weighted by Gasteiger charge is 2.69. The molecule has 8 nitrogen and oxygen atoms in total. The van der Waals surface area contributed by atoms with E-state index in [-0.39, 0.29) is 41.6 Å². The van der Waals surface area contributed by atoms with E-state index in [0.29, 0.717) is 0 Å². The molecule has 2 aromatic carbocycles. The van der Waals surface area contributed by atoms with Gasteiger partial charge in [-0.15, -0.1) is 0 Å². The number of methoxy groups -OCH3 is 1. The molecule has 0 saturated carbocycles. The Morgan fingerprint density at radius 2 is 1.68 bits per heavy atom. The topological polar surface area (TPSA) is 95.5 Å². The molecule has 2 fully saturated rings. The van der Waals surface area contributed by atoms with E-state index >= 15 is 0 Å². The van der Waals surface area contributed by atoms with Gasteiger partial charge in [-0.2, -0.15) is 9.80 Å². The second-order valence-corrected chi connectivity index (χ2v) is 16.7. The molecule has 0 unspecified atom stereocenters. The molecule has 0 bridgehead atoms. The molecular formula is C27H33BrN4O4Si. The Balaban J connectivity index is 1.97. The van der Waals surface area contributed by atoms with Crippen molar-refractivity contribution in [2.24, 2.45) is 0 Å². The summed E-state index contributed by atoms with van der Waals surface area (Å²) in [7, 11) is -1.41. The van der Waals surface area contributed by atoms with Crippen LogP contribution in [-0.4, -0.2) is 53.5 Å². The highest BCUT2D eigenvalue weighted by Crippen LogP contribution is 2.55. The third kappa shape index (κ3) is 4.73. The highest BCUT2D eigenvalue weighted by atomic mass is 79.9. The molecule has 2 aliphatic heterocycles. The van der Waals surface area contributed by atoms with E-state index in [9.17, 15) is 15.1 Å². The molecule has 2 heterocycles. The molecular weight excluding hydrogens is 552 g/mol. The molecule has 0 N–H and O–H groups in total. The van der Waals surface area contributed by atoms with E-state index in [0.717, 1.165) is 15.6 Å².